The molecule has 6 heteroatoms. The van der Waals surface area contributed by atoms with Crippen LogP contribution in [0.25, 0.3) is 0 Å². The lowest BCUT2D eigenvalue weighted by molar-refractivity contribution is -0.164. The van der Waals surface area contributed by atoms with Gasteiger partial charge in [0.25, 0.3) is 0 Å². The first-order valence-corrected chi connectivity index (χ1v) is 7.53. The normalized spacial score (nSPS) is 25.5. The van der Waals surface area contributed by atoms with E-state index in [2.05, 4.69) is 10.8 Å². The Bertz CT molecular complexity index is 435. The summed E-state index contributed by atoms with van der Waals surface area (Å²) in [6, 6.07) is 2.26. The predicted octanol–water partition coefficient (Wildman–Crippen LogP) is 1.25. The van der Waals surface area contributed by atoms with E-state index in [4.69, 9.17) is 4.74 Å². The van der Waals surface area contributed by atoms with Gasteiger partial charge in [-0.2, -0.15) is 5.26 Å². The molecule has 1 heterocycles. The van der Waals surface area contributed by atoms with Crippen molar-refractivity contribution in [1.82, 2.24) is 4.90 Å². The number of methoxy groups -OCH3 is 1. The number of esters is 1. The molecule has 0 aromatic heterocycles. The van der Waals surface area contributed by atoms with Gasteiger partial charge in [-0.3, -0.25) is 4.79 Å². The number of ether oxygens (including phenoxy) is 2. The summed E-state index contributed by atoms with van der Waals surface area (Å²) in [4.78, 5) is 26.0. The minimum absolute atomic E-state index is 0.149. The molecule has 1 saturated heterocycles. The van der Waals surface area contributed by atoms with Gasteiger partial charge in [-0.1, -0.05) is 25.7 Å². The van der Waals surface area contributed by atoms with Crippen molar-refractivity contribution >= 4 is 11.9 Å². The molecule has 0 aromatic carbocycles. The van der Waals surface area contributed by atoms with Crippen LogP contribution in [0.3, 0.4) is 0 Å². The molecule has 0 radical (unpaired) electrons. The Labute approximate surface area is 125 Å². The Hall–Kier alpha value is -1.61. The van der Waals surface area contributed by atoms with Crippen molar-refractivity contribution < 1.29 is 19.1 Å². The van der Waals surface area contributed by atoms with E-state index < -0.39 is 17.5 Å². The smallest absolute Gasteiger partial charge is 0.336 e. The summed E-state index contributed by atoms with van der Waals surface area (Å²) in [5, 5.41) is 9.57. The lowest BCUT2D eigenvalue weighted by atomic mass is 9.80. The van der Waals surface area contributed by atoms with E-state index in [1.807, 2.05) is 0 Å². The lowest BCUT2D eigenvalue weighted by Crippen LogP contribution is -2.53. The third-order valence-corrected chi connectivity index (χ3v) is 4.40. The van der Waals surface area contributed by atoms with Crippen LogP contribution in [0.2, 0.25) is 0 Å². The minimum Gasteiger partial charge on any atom is -0.467 e. The molecule has 21 heavy (non-hydrogen) atoms. The summed E-state index contributed by atoms with van der Waals surface area (Å²) in [6.07, 6.45) is 4.45. The highest BCUT2D eigenvalue weighted by atomic mass is 16.6. The number of carbonyl (C=O) groups is 2. The van der Waals surface area contributed by atoms with Crippen molar-refractivity contribution in [1.29, 1.82) is 5.26 Å². The molecular formula is C15H22N2O4. The second-order valence-corrected chi connectivity index (χ2v) is 5.74. The highest BCUT2D eigenvalue weighted by Crippen LogP contribution is 2.36. The van der Waals surface area contributed by atoms with Crippen LogP contribution in [0.15, 0.2) is 0 Å². The average molecular weight is 294 g/mol. The second kappa shape index (κ2) is 6.90. The van der Waals surface area contributed by atoms with Crippen molar-refractivity contribution in [2.75, 3.05) is 26.8 Å². The SMILES string of the molecule is COC(=O)C1CN(C(=O)C2(C#N)CCCCCC2)CCO1. The van der Waals surface area contributed by atoms with Gasteiger partial charge < -0.3 is 14.4 Å². The summed E-state index contributed by atoms with van der Waals surface area (Å²) >= 11 is 0. The standard InChI is InChI=1S/C15H22N2O4/c1-20-13(18)12-10-17(8-9-21-12)14(19)15(11-16)6-4-2-3-5-7-15/h12H,2-10H2,1H3. The summed E-state index contributed by atoms with van der Waals surface area (Å²) in [7, 11) is 1.30. The van der Waals surface area contributed by atoms with Crippen LogP contribution >= 0.6 is 0 Å². The Morgan fingerprint density at radius 3 is 2.52 bits per heavy atom. The first-order chi connectivity index (χ1) is 10.1. The summed E-state index contributed by atoms with van der Waals surface area (Å²) in [5.41, 5.74) is -0.922. The molecule has 1 atom stereocenters. The highest BCUT2D eigenvalue weighted by molar-refractivity contribution is 5.86. The van der Waals surface area contributed by atoms with E-state index in [9.17, 15) is 14.9 Å². The zero-order valence-electron chi connectivity index (χ0n) is 12.5. The van der Waals surface area contributed by atoms with Crippen molar-refractivity contribution in [3.63, 3.8) is 0 Å². The van der Waals surface area contributed by atoms with Crippen LogP contribution in [-0.2, 0) is 19.1 Å². The first kappa shape index (κ1) is 15.8. The highest BCUT2D eigenvalue weighted by Gasteiger charge is 2.43. The number of nitrogens with zero attached hydrogens (tertiary/aromatic N) is 2. The zero-order chi connectivity index (χ0) is 15.3. The van der Waals surface area contributed by atoms with Gasteiger partial charge in [0, 0.05) is 6.54 Å². The van der Waals surface area contributed by atoms with Gasteiger partial charge in [-0.05, 0) is 12.8 Å². The molecule has 1 aliphatic heterocycles. The second-order valence-electron chi connectivity index (χ2n) is 5.74. The van der Waals surface area contributed by atoms with E-state index in [-0.39, 0.29) is 12.5 Å². The van der Waals surface area contributed by atoms with Gasteiger partial charge in [0.2, 0.25) is 5.91 Å². The van der Waals surface area contributed by atoms with Gasteiger partial charge in [0.15, 0.2) is 6.10 Å². The zero-order valence-corrected chi connectivity index (χ0v) is 12.5. The minimum atomic E-state index is -0.922. The van der Waals surface area contributed by atoms with Crippen LogP contribution in [0, 0.1) is 16.7 Å². The summed E-state index contributed by atoms with van der Waals surface area (Å²) in [5.74, 6) is -0.622. The molecule has 116 valence electrons. The predicted molar refractivity (Wildman–Crippen MR) is 74.1 cm³/mol. The van der Waals surface area contributed by atoms with Crippen molar-refractivity contribution in [2.24, 2.45) is 5.41 Å². The van der Waals surface area contributed by atoms with Crippen LogP contribution in [0.4, 0.5) is 0 Å². The fourth-order valence-electron chi connectivity index (χ4n) is 3.12. The van der Waals surface area contributed by atoms with Crippen molar-refractivity contribution in [3.05, 3.63) is 0 Å². The number of rotatable bonds is 2. The Balaban J connectivity index is 2.10. The average Bonchev–Trinajstić information content (AvgIpc) is 2.80. The third-order valence-electron chi connectivity index (χ3n) is 4.40. The first-order valence-electron chi connectivity index (χ1n) is 7.53. The van der Waals surface area contributed by atoms with Crippen LogP contribution in [0.5, 0.6) is 0 Å². The van der Waals surface area contributed by atoms with Crippen LogP contribution in [0.1, 0.15) is 38.5 Å². The molecule has 2 fully saturated rings. The Morgan fingerprint density at radius 1 is 1.29 bits per heavy atom. The molecule has 0 spiro atoms. The number of hydrogen-bond donors (Lipinski definition) is 0. The molecular weight excluding hydrogens is 272 g/mol. The fraction of sp³-hybridized carbons (Fsp3) is 0.800. The Morgan fingerprint density at radius 2 is 1.95 bits per heavy atom. The fourth-order valence-corrected chi connectivity index (χ4v) is 3.12. The summed E-state index contributed by atoms with van der Waals surface area (Å²) in [6.45, 7) is 0.901. The van der Waals surface area contributed by atoms with Gasteiger partial charge in [0.1, 0.15) is 5.41 Å². The maximum absolute atomic E-state index is 12.8. The topological polar surface area (TPSA) is 79.6 Å². The quantitative estimate of drug-likeness (QED) is 0.565. The van der Waals surface area contributed by atoms with E-state index in [1.54, 1.807) is 4.90 Å². The van der Waals surface area contributed by atoms with E-state index >= 15 is 0 Å². The van der Waals surface area contributed by atoms with Gasteiger partial charge >= 0.3 is 5.97 Å². The van der Waals surface area contributed by atoms with Crippen molar-refractivity contribution in [3.8, 4) is 6.07 Å². The number of nitriles is 1. The molecule has 2 aliphatic rings. The molecule has 1 unspecified atom stereocenters. The number of amides is 1. The molecule has 0 aromatic rings. The van der Waals surface area contributed by atoms with Crippen molar-refractivity contribution in [2.45, 2.75) is 44.6 Å². The van der Waals surface area contributed by atoms with Gasteiger partial charge in [-0.15, -0.1) is 0 Å². The molecule has 1 amide bonds. The lowest BCUT2D eigenvalue weighted by Gasteiger charge is -2.36. The molecule has 6 nitrogen and oxygen atoms in total. The van der Waals surface area contributed by atoms with Crippen LogP contribution < -0.4 is 0 Å². The maximum atomic E-state index is 12.8. The van der Waals surface area contributed by atoms with E-state index in [0.29, 0.717) is 26.0 Å². The molecule has 0 bridgehead atoms. The Kier molecular flexibility index (Phi) is 5.18. The molecule has 2 rings (SSSR count). The number of morpholine rings is 1. The van der Waals surface area contributed by atoms with Crippen LogP contribution in [-0.4, -0.2) is 49.7 Å². The summed E-state index contributed by atoms with van der Waals surface area (Å²) < 4.78 is 10.0. The van der Waals surface area contributed by atoms with Gasteiger partial charge in [0.05, 0.1) is 26.3 Å². The molecule has 1 aliphatic carbocycles. The molecule has 1 saturated carbocycles. The monoisotopic (exact) mass is 294 g/mol. The largest absolute Gasteiger partial charge is 0.467 e. The van der Waals surface area contributed by atoms with E-state index in [0.717, 1.165) is 25.7 Å². The third kappa shape index (κ3) is 3.35. The maximum Gasteiger partial charge on any atom is 0.336 e. The molecule has 0 N–H and O–H groups in total. The van der Waals surface area contributed by atoms with Gasteiger partial charge in [-0.25, -0.2) is 4.79 Å². The van der Waals surface area contributed by atoms with E-state index in [1.165, 1.54) is 7.11 Å². The number of carbonyl (C=O) groups excluding carboxylic acids is 2. The number of hydrogen-bond acceptors (Lipinski definition) is 5.